The number of anilines is 2. The predicted octanol–water partition coefficient (Wildman–Crippen LogP) is 5.78. The fraction of sp³-hybridized carbons (Fsp3) is 0.361. The largest absolute Gasteiger partial charge is 0.496 e. The van der Waals surface area contributed by atoms with Crippen molar-refractivity contribution in [1.29, 1.82) is 0 Å². The molecule has 7 rings (SSSR count). The number of pyridine rings is 1. The third-order valence-corrected chi connectivity index (χ3v) is 9.17. The molecule has 0 saturated carbocycles. The highest BCUT2D eigenvalue weighted by molar-refractivity contribution is 5.59. The van der Waals surface area contributed by atoms with E-state index in [1.165, 1.54) is 16.7 Å². The van der Waals surface area contributed by atoms with E-state index in [-0.39, 0.29) is 11.7 Å². The Morgan fingerprint density at radius 1 is 0.977 bits per heavy atom. The molecule has 228 valence electrons. The minimum absolute atomic E-state index is 0.0953. The number of para-hydroxylation sites is 2. The summed E-state index contributed by atoms with van der Waals surface area (Å²) >= 11 is 0. The number of aromatic amines is 1. The van der Waals surface area contributed by atoms with Crippen LogP contribution < -0.4 is 25.2 Å². The van der Waals surface area contributed by atoms with E-state index in [2.05, 4.69) is 68.6 Å². The molecule has 1 atom stereocenters. The van der Waals surface area contributed by atoms with Crippen LogP contribution in [0.25, 0.3) is 0 Å². The van der Waals surface area contributed by atoms with E-state index in [1.807, 2.05) is 18.2 Å². The maximum absolute atomic E-state index is 11.9. The van der Waals surface area contributed by atoms with Crippen LogP contribution in [0.3, 0.4) is 0 Å². The van der Waals surface area contributed by atoms with Crippen LogP contribution in [0.4, 0.5) is 11.4 Å². The Balaban J connectivity index is 0.969. The van der Waals surface area contributed by atoms with Crippen LogP contribution in [0.15, 0.2) is 83.8 Å². The summed E-state index contributed by atoms with van der Waals surface area (Å²) in [4.78, 5) is 19.4. The van der Waals surface area contributed by atoms with Crippen molar-refractivity contribution in [3.8, 4) is 17.2 Å². The van der Waals surface area contributed by atoms with Crippen LogP contribution in [0.5, 0.6) is 17.2 Å². The average molecular weight is 593 g/mol. The number of aromatic nitrogens is 1. The molecular weight excluding hydrogens is 552 g/mol. The Morgan fingerprint density at radius 3 is 2.73 bits per heavy atom. The number of rotatable bonds is 8. The van der Waals surface area contributed by atoms with Crippen LogP contribution >= 0.6 is 0 Å². The lowest BCUT2D eigenvalue weighted by atomic mass is 9.95. The summed E-state index contributed by atoms with van der Waals surface area (Å²) in [5, 5.41) is 3.80. The average Bonchev–Trinajstić information content (AvgIpc) is 3.07. The third-order valence-electron chi connectivity index (χ3n) is 9.17. The van der Waals surface area contributed by atoms with Crippen LogP contribution in [0, 0.1) is 0 Å². The second-order valence-corrected chi connectivity index (χ2v) is 12.0. The van der Waals surface area contributed by atoms with Gasteiger partial charge in [0.15, 0.2) is 0 Å². The zero-order chi connectivity index (χ0) is 29.9. The van der Waals surface area contributed by atoms with E-state index in [0.717, 1.165) is 86.0 Å². The number of piperidine rings is 1. The van der Waals surface area contributed by atoms with E-state index in [4.69, 9.17) is 14.2 Å². The summed E-state index contributed by atoms with van der Waals surface area (Å²) in [6.45, 7) is 5.25. The quantitative estimate of drug-likeness (QED) is 0.237. The van der Waals surface area contributed by atoms with E-state index in [9.17, 15) is 4.79 Å². The number of morpholine rings is 1. The van der Waals surface area contributed by atoms with Crippen LogP contribution in [0.2, 0.25) is 0 Å². The summed E-state index contributed by atoms with van der Waals surface area (Å²) < 4.78 is 18.3. The minimum atomic E-state index is -0.138. The number of H-pyrrole nitrogens is 1. The maximum Gasteiger partial charge on any atom is 0.249 e. The molecule has 4 aromatic rings. The molecule has 8 heteroatoms. The van der Waals surface area contributed by atoms with Crippen molar-refractivity contribution >= 4 is 11.4 Å². The Bertz CT molecular complexity index is 1660. The van der Waals surface area contributed by atoms with Crippen LogP contribution in [0.1, 0.15) is 41.2 Å². The molecule has 1 aromatic heterocycles. The number of benzene rings is 3. The van der Waals surface area contributed by atoms with Gasteiger partial charge in [0.1, 0.15) is 23.4 Å². The van der Waals surface area contributed by atoms with Crippen molar-refractivity contribution in [2.24, 2.45) is 0 Å². The summed E-state index contributed by atoms with van der Waals surface area (Å²) in [6, 6.07) is 25.2. The fourth-order valence-electron chi connectivity index (χ4n) is 6.77. The van der Waals surface area contributed by atoms with Gasteiger partial charge in [0.05, 0.1) is 13.7 Å². The predicted molar refractivity (Wildman–Crippen MR) is 174 cm³/mol. The summed E-state index contributed by atoms with van der Waals surface area (Å²) in [6.07, 6.45) is 5.64. The minimum Gasteiger partial charge on any atom is -0.496 e. The lowest BCUT2D eigenvalue weighted by Gasteiger charge is -2.36. The molecule has 0 spiro atoms. The van der Waals surface area contributed by atoms with Gasteiger partial charge < -0.3 is 34.3 Å². The van der Waals surface area contributed by atoms with Crippen molar-refractivity contribution in [1.82, 2.24) is 9.88 Å². The standard InChI is InChI=1S/C36H40N4O4/c1-42-32-8-3-2-5-25(32)12-16-39-17-13-28(14-18-39)38-29-9-10-33-27(22-29)21-26-6-4-7-31(36(26)44-33)34-24-40(19-20-43-34)30-11-15-37-35(41)23-30/h2-11,15,22-23,28,34,38H,12-14,16-21,24H2,1H3,(H,37,41). The highest BCUT2D eigenvalue weighted by atomic mass is 16.5. The highest BCUT2D eigenvalue weighted by Crippen LogP contribution is 2.43. The van der Waals surface area contributed by atoms with Gasteiger partial charge in [-0.2, -0.15) is 0 Å². The summed E-state index contributed by atoms with van der Waals surface area (Å²) in [7, 11) is 1.75. The molecule has 1 unspecified atom stereocenters. The van der Waals surface area contributed by atoms with Gasteiger partial charge in [-0.3, -0.25) is 4.79 Å². The number of nitrogens with zero attached hydrogens (tertiary/aromatic N) is 2. The molecule has 2 fully saturated rings. The summed E-state index contributed by atoms with van der Waals surface area (Å²) in [5.74, 6) is 2.79. The Kier molecular flexibility index (Phi) is 8.27. The Labute approximate surface area is 258 Å². The molecule has 3 aromatic carbocycles. The lowest BCUT2D eigenvalue weighted by molar-refractivity contribution is 0.0384. The van der Waals surface area contributed by atoms with Crippen molar-refractivity contribution in [2.45, 2.75) is 37.8 Å². The van der Waals surface area contributed by atoms with Gasteiger partial charge in [-0.25, -0.2) is 0 Å². The van der Waals surface area contributed by atoms with E-state index < -0.39 is 0 Å². The molecule has 0 amide bonds. The molecule has 3 aliphatic heterocycles. The Hall–Kier alpha value is -4.27. The van der Waals surface area contributed by atoms with Crippen LogP contribution in [-0.2, 0) is 17.6 Å². The zero-order valence-corrected chi connectivity index (χ0v) is 25.3. The number of fused-ring (bicyclic) bond motifs is 2. The molecule has 3 aliphatic rings. The SMILES string of the molecule is COc1ccccc1CCN1CCC(Nc2ccc3c(c2)Cc2cccc(C4CN(c5cc[nH]c(=O)c5)CCO4)c2O3)CC1. The smallest absolute Gasteiger partial charge is 0.249 e. The first-order chi connectivity index (χ1) is 21.6. The first kappa shape index (κ1) is 28.5. The molecule has 2 saturated heterocycles. The van der Waals surface area contributed by atoms with Crippen molar-refractivity contribution in [3.63, 3.8) is 0 Å². The fourth-order valence-corrected chi connectivity index (χ4v) is 6.77. The highest BCUT2D eigenvalue weighted by Gasteiger charge is 2.29. The number of likely N-dealkylation sites (tertiary alicyclic amines) is 1. The van der Waals surface area contributed by atoms with Gasteiger partial charge >= 0.3 is 0 Å². The van der Waals surface area contributed by atoms with E-state index in [0.29, 0.717) is 19.2 Å². The topological polar surface area (TPSA) is 79.1 Å². The van der Waals surface area contributed by atoms with Gasteiger partial charge in [-0.15, -0.1) is 0 Å². The van der Waals surface area contributed by atoms with Crippen molar-refractivity contribution in [3.05, 3.63) is 112 Å². The van der Waals surface area contributed by atoms with Gasteiger partial charge in [0, 0.05) is 80.0 Å². The van der Waals surface area contributed by atoms with Gasteiger partial charge in [-0.1, -0.05) is 36.4 Å². The Morgan fingerprint density at radius 2 is 1.86 bits per heavy atom. The van der Waals surface area contributed by atoms with Crippen molar-refractivity contribution < 1.29 is 14.2 Å². The molecule has 2 N–H and O–H groups in total. The molecule has 0 bridgehead atoms. The van der Waals surface area contributed by atoms with E-state index in [1.54, 1.807) is 19.4 Å². The lowest BCUT2D eigenvalue weighted by Crippen LogP contribution is -2.40. The number of methoxy groups -OCH3 is 1. The van der Waals surface area contributed by atoms with Crippen molar-refractivity contribution in [2.75, 3.05) is 56.7 Å². The first-order valence-electron chi connectivity index (χ1n) is 15.7. The van der Waals surface area contributed by atoms with Gasteiger partial charge in [0.25, 0.3) is 0 Å². The number of ether oxygens (including phenoxy) is 3. The monoisotopic (exact) mass is 592 g/mol. The maximum atomic E-state index is 11.9. The van der Waals surface area contributed by atoms with Gasteiger partial charge in [0.2, 0.25) is 5.56 Å². The first-order valence-corrected chi connectivity index (χ1v) is 15.7. The number of hydrogen-bond acceptors (Lipinski definition) is 7. The molecule has 8 nitrogen and oxygen atoms in total. The number of hydrogen-bond donors (Lipinski definition) is 2. The second-order valence-electron chi connectivity index (χ2n) is 12.0. The normalized spacial score (nSPS) is 18.7. The zero-order valence-electron chi connectivity index (χ0n) is 25.3. The number of nitrogens with one attached hydrogen (secondary N) is 2. The molecule has 0 radical (unpaired) electrons. The molecule has 0 aliphatic carbocycles. The third kappa shape index (κ3) is 6.18. The molecular formula is C36H40N4O4. The van der Waals surface area contributed by atoms with Crippen LogP contribution in [-0.4, -0.2) is 62.4 Å². The molecule has 44 heavy (non-hydrogen) atoms. The second kappa shape index (κ2) is 12.8. The van der Waals surface area contributed by atoms with Gasteiger partial charge in [-0.05, 0) is 60.7 Å². The summed E-state index contributed by atoms with van der Waals surface area (Å²) in [5.41, 5.74) is 6.68. The van der Waals surface area contributed by atoms with E-state index >= 15 is 0 Å². The molecule has 4 heterocycles.